The van der Waals surface area contributed by atoms with Crippen molar-refractivity contribution in [2.24, 2.45) is 0 Å². The lowest BCUT2D eigenvalue weighted by atomic mass is 10.0. The molecule has 0 spiro atoms. The molecule has 0 fully saturated rings. The maximum atomic E-state index is 12.4. The summed E-state index contributed by atoms with van der Waals surface area (Å²) >= 11 is 0. The van der Waals surface area contributed by atoms with Crippen molar-refractivity contribution < 1.29 is 23.7 Å². The number of carbonyl (C=O) groups is 1. The third kappa shape index (κ3) is 6.14. The van der Waals surface area contributed by atoms with E-state index in [0.29, 0.717) is 35.0 Å². The fraction of sp³-hybridized carbons (Fsp3) is 0.185. The molecule has 0 aliphatic carbocycles. The molecule has 0 bridgehead atoms. The molecule has 0 radical (unpaired) electrons. The van der Waals surface area contributed by atoms with Gasteiger partial charge in [0.05, 0.1) is 33.0 Å². The van der Waals surface area contributed by atoms with Gasteiger partial charge in [-0.05, 0) is 53.5 Å². The Bertz CT molecular complexity index is 1180. The van der Waals surface area contributed by atoms with Crippen molar-refractivity contribution in [3.8, 4) is 29.1 Å². The fourth-order valence-electron chi connectivity index (χ4n) is 3.28. The van der Waals surface area contributed by atoms with Crippen LogP contribution in [-0.4, -0.2) is 27.3 Å². The van der Waals surface area contributed by atoms with Crippen molar-refractivity contribution >= 4 is 17.6 Å². The van der Waals surface area contributed by atoms with E-state index in [1.54, 1.807) is 44.6 Å². The van der Waals surface area contributed by atoms with E-state index in [0.717, 1.165) is 16.7 Å². The number of nitriles is 1. The number of rotatable bonds is 9. The number of carbonyl (C=O) groups excluding carboxylic acids is 1. The summed E-state index contributed by atoms with van der Waals surface area (Å²) in [6.45, 7) is 0. The van der Waals surface area contributed by atoms with Crippen molar-refractivity contribution in [2.45, 2.75) is 12.8 Å². The quantitative estimate of drug-likeness (QED) is 0.193. The summed E-state index contributed by atoms with van der Waals surface area (Å²) in [6.07, 6.45) is 2.44. The second-order valence-corrected chi connectivity index (χ2v) is 7.11. The number of ether oxygens (including phenoxy) is 4. The Morgan fingerprint density at radius 3 is 2.18 bits per heavy atom. The Labute approximate surface area is 193 Å². The topological polar surface area (TPSA) is 77.8 Å². The Morgan fingerprint density at radius 1 is 0.848 bits per heavy atom. The number of benzene rings is 3. The van der Waals surface area contributed by atoms with Crippen LogP contribution < -0.4 is 18.9 Å². The van der Waals surface area contributed by atoms with Crippen LogP contribution in [0.5, 0.6) is 23.0 Å². The van der Waals surface area contributed by atoms with Gasteiger partial charge in [0.25, 0.3) is 0 Å². The zero-order valence-electron chi connectivity index (χ0n) is 18.8. The van der Waals surface area contributed by atoms with Gasteiger partial charge < -0.3 is 18.9 Å². The van der Waals surface area contributed by atoms with Crippen molar-refractivity contribution in [1.82, 2.24) is 0 Å². The minimum Gasteiger partial charge on any atom is -0.493 e. The van der Waals surface area contributed by atoms with Crippen LogP contribution in [0.4, 0.5) is 0 Å². The van der Waals surface area contributed by atoms with Crippen LogP contribution in [0.25, 0.3) is 11.6 Å². The molecular weight excluding hydrogens is 418 g/mol. The van der Waals surface area contributed by atoms with Gasteiger partial charge in [-0.2, -0.15) is 5.26 Å². The molecule has 0 amide bonds. The highest BCUT2D eigenvalue weighted by Gasteiger charge is 2.13. The van der Waals surface area contributed by atoms with Crippen LogP contribution in [0.2, 0.25) is 0 Å². The summed E-state index contributed by atoms with van der Waals surface area (Å²) < 4.78 is 21.5. The monoisotopic (exact) mass is 443 g/mol. The van der Waals surface area contributed by atoms with Crippen LogP contribution in [0, 0.1) is 11.3 Å². The van der Waals surface area contributed by atoms with E-state index in [-0.39, 0.29) is 12.4 Å². The number of hydrogen-bond acceptors (Lipinski definition) is 6. The lowest BCUT2D eigenvalue weighted by molar-refractivity contribution is -0.134. The molecule has 0 aliphatic heterocycles. The van der Waals surface area contributed by atoms with Gasteiger partial charge in [-0.15, -0.1) is 0 Å². The van der Waals surface area contributed by atoms with Crippen LogP contribution in [0.15, 0.2) is 66.7 Å². The van der Waals surface area contributed by atoms with Crippen molar-refractivity contribution in [3.63, 3.8) is 0 Å². The highest BCUT2D eigenvalue weighted by atomic mass is 16.6. The second-order valence-electron chi connectivity index (χ2n) is 7.11. The molecule has 0 N–H and O–H groups in total. The van der Waals surface area contributed by atoms with Gasteiger partial charge in [-0.1, -0.05) is 42.5 Å². The van der Waals surface area contributed by atoms with Crippen LogP contribution >= 0.6 is 0 Å². The smallest absolute Gasteiger partial charge is 0.311 e. The molecule has 168 valence electrons. The molecule has 0 saturated carbocycles. The summed E-state index contributed by atoms with van der Waals surface area (Å²) in [4.78, 5) is 12.4. The minimum absolute atomic E-state index is 0.187. The van der Waals surface area contributed by atoms with E-state index < -0.39 is 0 Å². The second kappa shape index (κ2) is 11.4. The predicted octanol–water partition coefficient (Wildman–Crippen LogP) is 5.31. The molecule has 6 nitrogen and oxygen atoms in total. The Hall–Kier alpha value is -4.24. The van der Waals surface area contributed by atoms with Gasteiger partial charge in [0, 0.05) is 6.42 Å². The first-order chi connectivity index (χ1) is 16.1. The first kappa shape index (κ1) is 23.4. The molecule has 3 aromatic rings. The molecule has 3 aromatic carbocycles. The predicted molar refractivity (Wildman–Crippen MR) is 126 cm³/mol. The van der Waals surface area contributed by atoms with Crippen molar-refractivity contribution in [2.75, 3.05) is 21.3 Å². The fourth-order valence-corrected chi connectivity index (χ4v) is 3.28. The number of aryl methyl sites for hydroxylation is 1. The maximum absolute atomic E-state index is 12.4. The van der Waals surface area contributed by atoms with Crippen LogP contribution in [-0.2, 0) is 11.2 Å². The van der Waals surface area contributed by atoms with Gasteiger partial charge in [0.1, 0.15) is 0 Å². The number of allylic oxidation sites excluding steroid dienone is 1. The van der Waals surface area contributed by atoms with E-state index in [4.69, 9.17) is 18.9 Å². The Balaban J connectivity index is 1.69. The third-order valence-electron chi connectivity index (χ3n) is 4.99. The molecule has 6 heteroatoms. The highest BCUT2D eigenvalue weighted by Crippen LogP contribution is 2.31. The van der Waals surface area contributed by atoms with Crippen LogP contribution in [0.1, 0.15) is 23.1 Å². The third-order valence-corrected chi connectivity index (χ3v) is 4.99. The van der Waals surface area contributed by atoms with E-state index in [9.17, 15) is 10.1 Å². The minimum atomic E-state index is -0.381. The molecule has 33 heavy (non-hydrogen) atoms. The SMILES string of the molecule is COc1ccc(CCC(=O)Oc2ccc(/C=C(/C#N)c3ccccc3)cc2OC)cc1OC. The lowest BCUT2D eigenvalue weighted by Crippen LogP contribution is -2.10. The molecule has 0 aromatic heterocycles. The van der Waals surface area contributed by atoms with E-state index >= 15 is 0 Å². The van der Waals surface area contributed by atoms with Gasteiger partial charge >= 0.3 is 5.97 Å². The number of hydrogen-bond donors (Lipinski definition) is 0. The summed E-state index contributed by atoms with van der Waals surface area (Å²) in [5.41, 5.74) is 3.04. The van der Waals surface area contributed by atoms with E-state index in [2.05, 4.69) is 6.07 Å². The number of esters is 1. The molecule has 0 heterocycles. The van der Waals surface area contributed by atoms with Crippen LogP contribution in [0.3, 0.4) is 0 Å². The standard InChI is InChI=1S/C27H25NO5/c1-30-23-12-9-19(16-25(23)31-2)11-14-27(29)33-24-13-10-20(17-26(24)32-3)15-22(18-28)21-7-5-4-6-8-21/h4-10,12-13,15-17H,11,14H2,1-3H3/b22-15-. The van der Waals surface area contributed by atoms with Crippen molar-refractivity contribution in [3.05, 3.63) is 83.4 Å². The van der Waals surface area contributed by atoms with Gasteiger partial charge in [-0.3, -0.25) is 4.79 Å². The molecule has 0 atom stereocenters. The summed E-state index contributed by atoms with van der Waals surface area (Å²) in [5.74, 6) is 1.60. The summed E-state index contributed by atoms with van der Waals surface area (Å²) in [6, 6.07) is 22.3. The number of nitrogens with zero attached hydrogens (tertiary/aromatic N) is 1. The van der Waals surface area contributed by atoms with Gasteiger partial charge in [0.15, 0.2) is 23.0 Å². The first-order valence-corrected chi connectivity index (χ1v) is 10.3. The lowest BCUT2D eigenvalue weighted by Gasteiger charge is -2.11. The van der Waals surface area contributed by atoms with E-state index in [1.807, 2.05) is 42.5 Å². The highest BCUT2D eigenvalue weighted by molar-refractivity contribution is 5.89. The molecule has 0 unspecified atom stereocenters. The van der Waals surface area contributed by atoms with Crippen molar-refractivity contribution in [1.29, 1.82) is 5.26 Å². The van der Waals surface area contributed by atoms with Gasteiger partial charge in [-0.25, -0.2) is 0 Å². The van der Waals surface area contributed by atoms with Gasteiger partial charge in [0.2, 0.25) is 0 Å². The molecule has 3 rings (SSSR count). The Kier molecular flexibility index (Phi) is 8.09. The maximum Gasteiger partial charge on any atom is 0.311 e. The average Bonchev–Trinajstić information content (AvgIpc) is 2.87. The normalized spacial score (nSPS) is 10.8. The largest absolute Gasteiger partial charge is 0.493 e. The first-order valence-electron chi connectivity index (χ1n) is 10.3. The molecular formula is C27H25NO5. The molecule has 0 saturated heterocycles. The van der Waals surface area contributed by atoms with E-state index in [1.165, 1.54) is 7.11 Å². The summed E-state index contributed by atoms with van der Waals surface area (Å²) in [7, 11) is 4.65. The average molecular weight is 443 g/mol. The molecule has 0 aliphatic rings. The summed E-state index contributed by atoms with van der Waals surface area (Å²) in [5, 5.41) is 9.52. The zero-order valence-corrected chi connectivity index (χ0v) is 18.8. The Morgan fingerprint density at radius 2 is 1.52 bits per heavy atom. The zero-order chi connectivity index (χ0) is 23.6. The number of methoxy groups -OCH3 is 3.